The molecule has 1 fully saturated rings. The van der Waals surface area contributed by atoms with Gasteiger partial charge in [0.2, 0.25) is 5.88 Å². The third kappa shape index (κ3) is 3.38. The number of aromatic amines is 1. The van der Waals surface area contributed by atoms with Crippen LogP contribution in [-0.4, -0.2) is 41.2 Å². The summed E-state index contributed by atoms with van der Waals surface area (Å²) in [5.41, 5.74) is 1.19. The fraction of sp³-hybridized carbons (Fsp3) is 0.263. The zero-order valence-corrected chi connectivity index (χ0v) is 14.7. The predicted molar refractivity (Wildman–Crippen MR) is 98.7 cm³/mol. The molecule has 0 spiro atoms. The van der Waals surface area contributed by atoms with Crippen LogP contribution in [0.3, 0.4) is 0 Å². The second-order valence-electron chi connectivity index (χ2n) is 6.13. The van der Waals surface area contributed by atoms with Crippen LogP contribution in [0.2, 0.25) is 5.02 Å². The Labute approximate surface area is 155 Å². The fourth-order valence-electron chi connectivity index (χ4n) is 3.07. The van der Waals surface area contributed by atoms with Crippen LogP contribution in [0.4, 0.5) is 0 Å². The number of pyridine rings is 1. The quantitative estimate of drug-likeness (QED) is 0.738. The monoisotopic (exact) mass is 371 g/mol. The summed E-state index contributed by atoms with van der Waals surface area (Å²) < 4.78 is 11.4. The molecule has 1 saturated heterocycles. The molecule has 1 aromatic carbocycles. The number of halogens is 1. The maximum absolute atomic E-state index is 12.8. The molecule has 0 radical (unpaired) electrons. The molecule has 3 heterocycles. The van der Waals surface area contributed by atoms with Crippen molar-refractivity contribution in [2.45, 2.75) is 18.6 Å². The molecule has 1 aliphatic rings. The molecule has 26 heavy (non-hydrogen) atoms. The molecule has 1 amide bonds. The number of hydrogen-bond acceptors (Lipinski definition) is 4. The summed E-state index contributed by atoms with van der Waals surface area (Å²) in [7, 11) is 0. The van der Waals surface area contributed by atoms with Crippen LogP contribution in [0, 0.1) is 0 Å². The van der Waals surface area contributed by atoms with Crippen LogP contribution >= 0.6 is 11.6 Å². The van der Waals surface area contributed by atoms with Crippen molar-refractivity contribution in [3.05, 3.63) is 59.4 Å². The van der Waals surface area contributed by atoms with Crippen LogP contribution in [0.15, 0.2) is 48.7 Å². The van der Waals surface area contributed by atoms with Crippen molar-refractivity contribution >= 4 is 28.4 Å². The fourth-order valence-corrected chi connectivity index (χ4v) is 3.37. The van der Waals surface area contributed by atoms with E-state index in [0.29, 0.717) is 36.2 Å². The van der Waals surface area contributed by atoms with Crippen LogP contribution in [0.5, 0.6) is 5.88 Å². The Morgan fingerprint density at radius 3 is 2.92 bits per heavy atom. The summed E-state index contributed by atoms with van der Waals surface area (Å²) in [6.45, 7) is 0.954. The van der Waals surface area contributed by atoms with E-state index in [-0.39, 0.29) is 18.1 Å². The standard InChI is InChI=1S/C19H18ClN3O3/c20-17-12-5-1-2-6-13(12)22-18(17)19(24)23-14-8-10-25-11-15(14)26-16-7-3-4-9-21-16/h1-7,9,14-15,22H,8,10-11H2,(H,23,24)/t14-,15-/m1/s1. The SMILES string of the molecule is O=C(N[C@@H]1CCOC[C@H]1Oc1ccccn1)c1[nH]c2ccccc2c1Cl. The first kappa shape index (κ1) is 16.9. The van der Waals surface area contributed by atoms with Gasteiger partial charge in [-0.05, 0) is 18.6 Å². The molecule has 0 aliphatic carbocycles. The normalized spacial score (nSPS) is 20.0. The second kappa shape index (κ2) is 7.35. The summed E-state index contributed by atoms with van der Waals surface area (Å²) in [5, 5.41) is 4.27. The summed E-state index contributed by atoms with van der Waals surface area (Å²) in [5.74, 6) is 0.249. The number of nitrogens with one attached hydrogen (secondary N) is 2. The van der Waals surface area contributed by atoms with Crippen molar-refractivity contribution in [2.24, 2.45) is 0 Å². The number of fused-ring (bicyclic) bond motifs is 1. The van der Waals surface area contributed by atoms with E-state index < -0.39 is 0 Å². The van der Waals surface area contributed by atoms with E-state index in [1.54, 1.807) is 12.3 Å². The highest BCUT2D eigenvalue weighted by Gasteiger charge is 2.30. The molecule has 6 nitrogen and oxygen atoms in total. The predicted octanol–water partition coefficient (Wildman–Crippen LogP) is 3.18. The van der Waals surface area contributed by atoms with E-state index in [1.165, 1.54) is 0 Å². The van der Waals surface area contributed by atoms with Gasteiger partial charge in [-0.25, -0.2) is 4.98 Å². The third-order valence-electron chi connectivity index (χ3n) is 4.40. The van der Waals surface area contributed by atoms with E-state index >= 15 is 0 Å². The van der Waals surface area contributed by atoms with Crippen molar-refractivity contribution in [2.75, 3.05) is 13.2 Å². The molecule has 1 aliphatic heterocycles. The van der Waals surface area contributed by atoms with Crippen LogP contribution in [0.1, 0.15) is 16.9 Å². The number of rotatable bonds is 4. The lowest BCUT2D eigenvalue weighted by Gasteiger charge is -2.31. The number of aromatic nitrogens is 2. The van der Waals surface area contributed by atoms with Crippen molar-refractivity contribution in [1.82, 2.24) is 15.3 Å². The molecular formula is C19H18ClN3O3. The maximum atomic E-state index is 12.8. The molecule has 0 bridgehead atoms. The van der Waals surface area contributed by atoms with Crippen molar-refractivity contribution in [1.29, 1.82) is 0 Å². The average molecular weight is 372 g/mol. The number of para-hydroxylation sites is 1. The number of H-pyrrole nitrogens is 1. The van der Waals surface area contributed by atoms with Gasteiger partial charge in [-0.2, -0.15) is 0 Å². The lowest BCUT2D eigenvalue weighted by Crippen LogP contribution is -2.51. The first-order valence-corrected chi connectivity index (χ1v) is 8.82. The van der Waals surface area contributed by atoms with Gasteiger partial charge in [0.05, 0.1) is 17.7 Å². The Morgan fingerprint density at radius 2 is 2.12 bits per heavy atom. The van der Waals surface area contributed by atoms with Crippen molar-refractivity contribution < 1.29 is 14.3 Å². The molecule has 2 aromatic heterocycles. The Hall–Kier alpha value is -2.57. The first-order chi connectivity index (χ1) is 12.7. The average Bonchev–Trinajstić information content (AvgIpc) is 3.01. The molecule has 2 atom stereocenters. The smallest absolute Gasteiger partial charge is 0.269 e. The van der Waals surface area contributed by atoms with E-state index in [4.69, 9.17) is 21.1 Å². The van der Waals surface area contributed by atoms with Crippen LogP contribution < -0.4 is 10.1 Å². The van der Waals surface area contributed by atoms with Gasteiger partial charge in [-0.1, -0.05) is 35.9 Å². The summed E-state index contributed by atoms with van der Waals surface area (Å²) in [6.07, 6.45) is 2.00. The Morgan fingerprint density at radius 1 is 1.27 bits per heavy atom. The van der Waals surface area contributed by atoms with E-state index in [1.807, 2.05) is 36.4 Å². The minimum atomic E-state index is -0.314. The molecule has 7 heteroatoms. The number of hydrogen-bond donors (Lipinski definition) is 2. The second-order valence-corrected chi connectivity index (χ2v) is 6.51. The van der Waals surface area contributed by atoms with Gasteiger partial charge in [0, 0.05) is 29.8 Å². The maximum Gasteiger partial charge on any atom is 0.269 e. The summed E-state index contributed by atoms with van der Waals surface area (Å²) in [4.78, 5) is 20.0. The highest BCUT2D eigenvalue weighted by molar-refractivity contribution is 6.38. The number of amides is 1. The molecule has 0 saturated carbocycles. The Bertz CT molecular complexity index is 913. The van der Waals surface area contributed by atoms with Gasteiger partial charge < -0.3 is 19.8 Å². The zero-order valence-electron chi connectivity index (χ0n) is 13.9. The van der Waals surface area contributed by atoms with Gasteiger partial charge in [0.1, 0.15) is 11.8 Å². The number of carbonyl (C=O) groups excluding carboxylic acids is 1. The number of carbonyl (C=O) groups is 1. The molecule has 134 valence electrons. The van der Waals surface area contributed by atoms with Gasteiger partial charge in [0.25, 0.3) is 5.91 Å². The molecule has 3 aromatic rings. The van der Waals surface area contributed by atoms with Gasteiger partial charge >= 0.3 is 0 Å². The molecule has 0 unspecified atom stereocenters. The lowest BCUT2D eigenvalue weighted by molar-refractivity contribution is -0.0153. The lowest BCUT2D eigenvalue weighted by atomic mass is 10.1. The Kier molecular flexibility index (Phi) is 4.77. The summed E-state index contributed by atoms with van der Waals surface area (Å²) in [6, 6.07) is 12.8. The largest absolute Gasteiger partial charge is 0.470 e. The topological polar surface area (TPSA) is 76.2 Å². The number of ether oxygens (including phenoxy) is 2. The van der Waals surface area contributed by atoms with Crippen molar-refractivity contribution in [3.63, 3.8) is 0 Å². The number of nitrogens with zero attached hydrogens (tertiary/aromatic N) is 1. The van der Waals surface area contributed by atoms with Crippen LogP contribution in [0.25, 0.3) is 10.9 Å². The number of benzene rings is 1. The highest BCUT2D eigenvalue weighted by Crippen LogP contribution is 2.27. The summed E-state index contributed by atoms with van der Waals surface area (Å²) >= 11 is 6.38. The molecule has 4 rings (SSSR count). The minimum absolute atomic E-state index is 0.194. The van der Waals surface area contributed by atoms with Gasteiger partial charge in [-0.15, -0.1) is 0 Å². The first-order valence-electron chi connectivity index (χ1n) is 8.45. The zero-order chi connectivity index (χ0) is 17.9. The minimum Gasteiger partial charge on any atom is -0.470 e. The molecular weight excluding hydrogens is 354 g/mol. The highest BCUT2D eigenvalue weighted by atomic mass is 35.5. The van der Waals surface area contributed by atoms with Crippen molar-refractivity contribution in [3.8, 4) is 5.88 Å². The van der Waals surface area contributed by atoms with E-state index in [2.05, 4.69) is 15.3 Å². The van der Waals surface area contributed by atoms with E-state index in [9.17, 15) is 4.79 Å². The molecule has 2 N–H and O–H groups in total. The van der Waals surface area contributed by atoms with E-state index in [0.717, 1.165) is 10.9 Å². The Balaban J connectivity index is 1.52. The van der Waals surface area contributed by atoms with Crippen LogP contribution in [-0.2, 0) is 4.74 Å². The van der Waals surface area contributed by atoms with Gasteiger partial charge in [0.15, 0.2) is 0 Å². The third-order valence-corrected chi connectivity index (χ3v) is 4.79. The van der Waals surface area contributed by atoms with Gasteiger partial charge in [-0.3, -0.25) is 4.79 Å².